The van der Waals surface area contributed by atoms with E-state index in [1.165, 1.54) is 0 Å². The number of carbonyl (C=O) groups is 2. The van der Waals surface area contributed by atoms with Crippen molar-refractivity contribution in [3.8, 4) is 0 Å². The molecule has 1 saturated heterocycles. The lowest BCUT2D eigenvalue weighted by Crippen LogP contribution is -2.40. The Morgan fingerprint density at radius 2 is 1.70 bits per heavy atom. The Hall–Kier alpha value is -2.86. The van der Waals surface area contributed by atoms with Crippen molar-refractivity contribution < 1.29 is 14.3 Å². The number of ether oxygens (including phenoxy) is 1. The fourth-order valence-corrected chi connectivity index (χ4v) is 3.76. The van der Waals surface area contributed by atoms with Crippen LogP contribution in [0.2, 0.25) is 0 Å². The van der Waals surface area contributed by atoms with E-state index in [9.17, 15) is 9.59 Å². The van der Waals surface area contributed by atoms with Crippen LogP contribution in [-0.2, 0) is 14.3 Å². The lowest BCUT2D eigenvalue weighted by molar-refractivity contribution is -0.135. The van der Waals surface area contributed by atoms with E-state index in [0.29, 0.717) is 13.0 Å². The molecule has 30 heavy (non-hydrogen) atoms. The van der Waals surface area contributed by atoms with Crippen LogP contribution in [0.15, 0.2) is 54.6 Å². The third-order valence-electron chi connectivity index (χ3n) is 5.46. The van der Waals surface area contributed by atoms with Gasteiger partial charge in [0.15, 0.2) is 0 Å². The number of nitrogens with one attached hydrogen (secondary N) is 1. The van der Waals surface area contributed by atoms with E-state index in [1.54, 1.807) is 4.90 Å². The highest BCUT2D eigenvalue weighted by Gasteiger charge is 2.25. The van der Waals surface area contributed by atoms with Gasteiger partial charge in [-0.25, -0.2) is 0 Å². The van der Waals surface area contributed by atoms with Crippen molar-refractivity contribution >= 4 is 23.2 Å². The molecule has 1 aliphatic heterocycles. The highest BCUT2D eigenvalue weighted by Crippen LogP contribution is 2.22. The largest absolute Gasteiger partial charge is 0.378 e. The van der Waals surface area contributed by atoms with Crippen LogP contribution < -0.4 is 10.2 Å². The van der Waals surface area contributed by atoms with Gasteiger partial charge in [-0.3, -0.25) is 9.59 Å². The minimum Gasteiger partial charge on any atom is -0.378 e. The van der Waals surface area contributed by atoms with Crippen molar-refractivity contribution in [2.24, 2.45) is 0 Å². The van der Waals surface area contributed by atoms with Gasteiger partial charge < -0.3 is 19.9 Å². The van der Waals surface area contributed by atoms with Crippen molar-refractivity contribution in [3.05, 3.63) is 60.2 Å². The third-order valence-corrected chi connectivity index (χ3v) is 5.46. The fourth-order valence-electron chi connectivity index (χ4n) is 3.76. The van der Waals surface area contributed by atoms with Crippen molar-refractivity contribution in [3.63, 3.8) is 0 Å². The molecule has 0 spiro atoms. The Morgan fingerprint density at radius 1 is 1.03 bits per heavy atom. The van der Waals surface area contributed by atoms with Crippen LogP contribution in [0.25, 0.3) is 0 Å². The van der Waals surface area contributed by atoms with E-state index >= 15 is 0 Å². The maximum atomic E-state index is 13.0. The van der Waals surface area contributed by atoms with Crippen LogP contribution in [0, 0.1) is 0 Å². The third kappa shape index (κ3) is 5.60. The van der Waals surface area contributed by atoms with E-state index in [0.717, 1.165) is 43.2 Å². The fraction of sp³-hybridized carbons (Fsp3) is 0.417. The summed E-state index contributed by atoms with van der Waals surface area (Å²) in [7, 11) is 0. The molecule has 6 heteroatoms. The molecule has 0 radical (unpaired) electrons. The van der Waals surface area contributed by atoms with Gasteiger partial charge in [-0.1, -0.05) is 37.3 Å². The average Bonchev–Trinajstić information content (AvgIpc) is 2.79. The number of morpholine rings is 1. The molecule has 1 aliphatic rings. The van der Waals surface area contributed by atoms with E-state index in [1.807, 2.05) is 68.4 Å². The smallest absolute Gasteiger partial charge is 0.243 e. The van der Waals surface area contributed by atoms with Crippen LogP contribution >= 0.6 is 0 Å². The van der Waals surface area contributed by atoms with Gasteiger partial charge in [-0.05, 0) is 43.2 Å². The molecule has 3 rings (SSSR count). The van der Waals surface area contributed by atoms with Gasteiger partial charge in [0.05, 0.1) is 25.7 Å². The molecule has 2 amide bonds. The molecule has 6 nitrogen and oxygen atoms in total. The van der Waals surface area contributed by atoms with Crippen molar-refractivity contribution in [1.29, 1.82) is 0 Å². The number of hydrogen-bond acceptors (Lipinski definition) is 4. The summed E-state index contributed by atoms with van der Waals surface area (Å²) in [4.78, 5) is 29.5. The number of amides is 2. The normalized spacial score (nSPS) is 14.8. The second-order valence-electron chi connectivity index (χ2n) is 7.42. The SMILES string of the molecule is CCC(C(=O)N(CC)CC(=O)Nc1ccc(N2CCOCC2)cc1)c1ccccc1. The minimum atomic E-state index is -0.230. The highest BCUT2D eigenvalue weighted by molar-refractivity contribution is 5.95. The monoisotopic (exact) mass is 409 g/mol. The van der Waals surface area contributed by atoms with Crippen LogP contribution in [0.1, 0.15) is 31.7 Å². The molecule has 0 aromatic heterocycles. The van der Waals surface area contributed by atoms with Crippen molar-refractivity contribution in [1.82, 2.24) is 4.90 Å². The molecule has 0 saturated carbocycles. The number of rotatable bonds is 8. The van der Waals surface area contributed by atoms with E-state index in [2.05, 4.69) is 10.2 Å². The van der Waals surface area contributed by atoms with E-state index in [4.69, 9.17) is 4.74 Å². The molecule has 160 valence electrons. The number of likely N-dealkylation sites (N-methyl/N-ethyl adjacent to an activating group) is 1. The summed E-state index contributed by atoms with van der Waals surface area (Å²) in [6.45, 7) is 7.66. The van der Waals surface area contributed by atoms with Gasteiger partial charge >= 0.3 is 0 Å². The Labute approximate surface area is 178 Å². The molecule has 2 aromatic carbocycles. The standard InChI is InChI=1S/C24H31N3O3/c1-3-22(19-8-6-5-7-9-19)24(29)26(4-2)18-23(28)25-20-10-12-21(13-11-20)27-14-16-30-17-15-27/h5-13,22H,3-4,14-18H2,1-2H3,(H,25,28). The van der Waals surface area contributed by atoms with Crippen molar-refractivity contribution in [2.45, 2.75) is 26.2 Å². The second kappa shape index (κ2) is 10.8. The van der Waals surface area contributed by atoms with Crippen LogP contribution in [-0.4, -0.2) is 56.1 Å². The number of carbonyl (C=O) groups excluding carboxylic acids is 2. The maximum Gasteiger partial charge on any atom is 0.243 e. The first-order valence-corrected chi connectivity index (χ1v) is 10.7. The first kappa shape index (κ1) is 21.8. The first-order chi connectivity index (χ1) is 14.6. The van der Waals surface area contributed by atoms with Crippen LogP contribution in [0.5, 0.6) is 0 Å². The quantitative estimate of drug-likeness (QED) is 0.725. The van der Waals surface area contributed by atoms with E-state index in [-0.39, 0.29) is 24.3 Å². The minimum absolute atomic E-state index is 0.0102. The summed E-state index contributed by atoms with van der Waals surface area (Å²) in [5.74, 6) is -0.428. The van der Waals surface area contributed by atoms with Gasteiger partial charge in [-0.2, -0.15) is 0 Å². The Balaban J connectivity index is 1.58. The summed E-state index contributed by atoms with van der Waals surface area (Å²) in [6, 6.07) is 17.6. The molecule has 1 unspecified atom stereocenters. The van der Waals surface area contributed by atoms with Crippen LogP contribution in [0.4, 0.5) is 11.4 Å². The maximum absolute atomic E-state index is 13.0. The Kier molecular flexibility index (Phi) is 7.85. The van der Waals surface area contributed by atoms with Gasteiger partial charge in [0.25, 0.3) is 0 Å². The zero-order chi connectivity index (χ0) is 21.3. The van der Waals surface area contributed by atoms with Gasteiger partial charge in [0, 0.05) is 31.0 Å². The van der Waals surface area contributed by atoms with Crippen molar-refractivity contribution in [2.75, 3.05) is 49.6 Å². The molecule has 0 bridgehead atoms. The number of benzene rings is 2. The zero-order valence-electron chi connectivity index (χ0n) is 17.8. The lowest BCUT2D eigenvalue weighted by atomic mass is 9.95. The summed E-state index contributed by atoms with van der Waals surface area (Å²) in [5.41, 5.74) is 2.84. The summed E-state index contributed by atoms with van der Waals surface area (Å²) in [6.07, 6.45) is 0.698. The molecular weight excluding hydrogens is 378 g/mol. The van der Waals surface area contributed by atoms with Gasteiger partial charge in [0.2, 0.25) is 11.8 Å². The molecule has 0 aliphatic carbocycles. The average molecular weight is 410 g/mol. The molecular formula is C24H31N3O3. The van der Waals surface area contributed by atoms with Gasteiger partial charge in [0.1, 0.15) is 0 Å². The predicted molar refractivity (Wildman–Crippen MR) is 120 cm³/mol. The zero-order valence-corrected chi connectivity index (χ0v) is 17.8. The Bertz CT molecular complexity index is 817. The first-order valence-electron chi connectivity index (χ1n) is 10.7. The topological polar surface area (TPSA) is 61.9 Å². The molecule has 1 fully saturated rings. The number of nitrogens with zero attached hydrogens (tertiary/aromatic N) is 2. The van der Waals surface area contributed by atoms with Gasteiger partial charge in [-0.15, -0.1) is 0 Å². The molecule has 1 heterocycles. The molecule has 2 aromatic rings. The molecule has 1 N–H and O–H groups in total. The van der Waals surface area contributed by atoms with Crippen LogP contribution in [0.3, 0.4) is 0 Å². The number of hydrogen-bond donors (Lipinski definition) is 1. The predicted octanol–water partition coefficient (Wildman–Crippen LogP) is 3.50. The van der Waals surface area contributed by atoms with E-state index < -0.39 is 0 Å². The molecule has 1 atom stereocenters. The Morgan fingerprint density at radius 3 is 2.30 bits per heavy atom. The second-order valence-corrected chi connectivity index (χ2v) is 7.42. The number of anilines is 2. The highest BCUT2D eigenvalue weighted by atomic mass is 16.5. The lowest BCUT2D eigenvalue weighted by Gasteiger charge is -2.29. The summed E-state index contributed by atoms with van der Waals surface area (Å²) < 4.78 is 5.39. The summed E-state index contributed by atoms with van der Waals surface area (Å²) in [5, 5.41) is 2.91. The summed E-state index contributed by atoms with van der Waals surface area (Å²) >= 11 is 0.